The third kappa shape index (κ3) is 8.26. The molecule has 0 spiro atoms. The smallest absolute Gasteiger partial charge is 0.371 e. The number of aryl methyl sites for hydroxylation is 1. The number of fused-ring (bicyclic) bond motifs is 1. The van der Waals surface area contributed by atoms with Crippen LogP contribution in [0, 0.1) is 11.7 Å². The Labute approximate surface area is 333 Å². The van der Waals surface area contributed by atoms with Gasteiger partial charge in [0.05, 0.1) is 21.7 Å². The molecule has 3 amide bonds. The van der Waals surface area contributed by atoms with E-state index in [1.54, 1.807) is 36.0 Å². The summed E-state index contributed by atoms with van der Waals surface area (Å²) in [5, 5.41) is 10.3. The van der Waals surface area contributed by atoms with Crippen LogP contribution in [-0.4, -0.2) is 121 Å². The van der Waals surface area contributed by atoms with Crippen molar-refractivity contribution in [3.05, 3.63) is 60.2 Å². The number of amides is 3. The molecule has 0 saturated carbocycles. The summed E-state index contributed by atoms with van der Waals surface area (Å²) in [6, 6.07) is 9.54. The molecule has 15 nitrogen and oxygen atoms in total. The number of nitrogens with zero attached hydrogens (tertiary/aromatic N) is 9. The van der Waals surface area contributed by atoms with Crippen LogP contribution in [0.15, 0.2) is 53.7 Å². The number of hydrogen-bond acceptors (Lipinski definition) is 11. The fourth-order valence-corrected chi connectivity index (χ4v) is 9.84. The van der Waals surface area contributed by atoms with Crippen LogP contribution in [0.25, 0.3) is 10.9 Å². The van der Waals surface area contributed by atoms with Crippen molar-refractivity contribution >= 4 is 56.0 Å². The first kappa shape index (κ1) is 39.7. The second-order valence-corrected chi connectivity index (χ2v) is 17.3. The number of halogens is 4. The lowest BCUT2D eigenvalue weighted by Crippen LogP contribution is -2.49. The number of piperazine rings is 1. The highest BCUT2D eigenvalue weighted by Gasteiger charge is 2.34. The first-order valence-electron chi connectivity index (χ1n) is 19.5. The molecule has 310 valence electrons. The monoisotopic (exact) mass is 827 g/mol. The fourth-order valence-electron chi connectivity index (χ4n) is 8.33. The van der Waals surface area contributed by atoms with Crippen molar-refractivity contribution in [2.75, 3.05) is 85.5 Å². The molecule has 0 radical (unpaired) electrons. The van der Waals surface area contributed by atoms with Crippen molar-refractivity contribution in [3.63, 3.8) is 0 Å². The number of hydrogen-bond donors (Lipinski definition) is 2. The summed E-state index contributed by atoms with van der Waals surface area (Å²) < 4.78 is 84.6. The molecule has 4 aliphatic heterocycles. The van der Waals surface area contributed by atoms with E-state index in [9.17, 15) is 31.2 Å². The Kier molecular flexibility index (Phi) is 10.9. The molecule has 0 unspecified atom stereocenters. The summed E-state index contributed by atoms with van der Waals surface area (Å²) in [5.41, 5.74) is 1.11. The topological polar surface area (TPSA) is 152 Å². The van der Waals surface area contributed by atoms with Crippen LogP contribution in [0.2, 0.25) is 0 Å². The Morgan fingerprint density at radius 2 is 1.59 bits per heavy atom. The van der Waals surface area contributed by atoms with E-state index >= 15 is 4.39 Å². The molecule has 2 aromatic heterocycles. The SMILES string of the molecule is Cn1nc(N2CCC(=O)NC2=O)c2cc(F)c(N3CCN(CC4CCN(c5cccc(S(=O)(=O)N6CCC(Nc7ncc(C(F)(F)F)cn7)CC6)c5)CC4)CC3)cc21. The molecule has 4 fully saturated rings. The molecule has 58 heavy (non-hydrogen) atoms. The van der Waals surface area contributed by atoms with Crippen LogP contribution in [-0.2, 0) is 28.0 Å². The van der Waals surface area contributed by atoms with Crippen LogP contribution < -0.4 is 25.3 Å². The average Bonchev–Trinajstić information content (AvgIpc) is 3.52. The molecule has 2 N–H and O–H groups in total. The van der Waals surface area contributed by atoms with Gasteiger partial charge in [-0.25, -0.2) is 27.6 Å². The van der Waals surface area contributed by atoms with Gasteiger partial charge in [-0.15, -0.1) is 0 Å². The quantitative estimate of drug-likeness (QED) is 0.233. The van der Waals surface area contributed by atoms with Gasteiger partial charge < -0.3 is 15.1 Å². The fraction of sp³-hybridized carbons (Fsp3) is 0.500. The summed E-state index contributed by atoms with van der Waals surface area (Å²) in [6.45, 7) is 6.10. The van der Waals surface area contributed by atoms with Crippen LogP contribution >= 0.6 is 0 Å². The summed E-state index contributed by atoms with van der Waals surface area (Å²) in [4.78, 5) is 40.0. The average molecular weight is 828 g/mol. The number of carbonyl (C=O) groups excluding carboxylic acids is 2. The van der Waals surface area contributed by atoms with E-state index in [2.05, 4.69) is 35.5 Å². The molecule has 8 rings (SSSR count). The molecule has 4 aliphatic rings. The Bertz CT molecular complexity index is 2270. The second kappa shape index (κ2) is 15.9. The maximum atomic E-state index is 15.6. The molecule has 4 saturated heterocycles. The van der Waals surface area contributed by atoms with E-state index < -0.39 is 27.8 Å². The summed E-state index contributed by atoms with van der Waals surface area (Å²) in [6.07, 6.45) is -0.0925. The zero-order chi connectivity index (χ0) is 40.8. The van der Waals surface area contributed by atoms with Crippen molar-refractivity contribution in [1.82, 2.24) is 34.3 Å². The van der Waals surface area contributed by atoms with Gasteiger partial charge in [0, 0.05) is 108 Å². The van der Waals surface area contributed by atoms with Crippen molar-refractivity contribution in [2.24, 2.45) is 13.0 Å². The summed E-state index contributed by atoms with van der Waals surface area (Å²) in [5.74, 6) is 0.133. The number of benzene rings is 2. The first-order valence-corrected chi connectivity index (χ1v) is 20.9. The van der Waals surface area contributed by atoms with Crippen molar-refractivity contribution in [1.29, 1.82) is 0 Å². The van der Waals surface area contributed by atoms with Gasteiger partial charge in [0.2, 0.25) is 21.9 Å². The maximum Gasteiger partial charge on any atom is 0.419 e. The number of imide groups is 1. The molecule has 0 atom stereocenters. The number of alkyl halides is 3. The molecule has 0 bridgehead atoms. The maximum absolute atomic E-state index is 15.6. The molecular weight excluding hydrogens is 783 g/mol. The Morgan fingerprint density at radius 3 is 2.26 bits per heavy atom. The Hall–Kier alpha value is -5.08. The third-order valence-corrected chi connectivity index (χ3v) is 13.5. The number of urea groups is 1. The number of rotatable bonds is 9. The van der Waals surface area contributed by atoms with E-state index in [1.165, 1.54) is 15.3 Å². The number of carbonyl (C=O) groups is 2. The van der Waals surface area contributed by atoms with Gasteiger partial charge in [-0.2, -0.15) is 22.6 Å². The largest absolute Gasteiger partial charge is 0.419 e. The van der Waals surface area contributed by atoms with Gasteiger partial charge >= 0.3 is 12.2 Å². The zero-order valence-corrected chi connectivity index (χ0v) is 32.8. The lowest BCUT2D eigenvalue weighted by molar-refractivity contribution is -0.138. The van der Waals surface area contributed by atoms with Crippen molar-refractivity contribution in [3.8, 4) is 0 Å². The number of aromatic nitrogens is 4. The van der Waals surface area contributed by atoms with Crippen molar-refractivity contribution < 1.29 is 35.6 Å². The molecule has 0 aliphatic carbocycles. The van der Waals surface area contributed by atoms with Crippen LogP contribution in [0.4, 0.5) is 45.5 Å². The van der Waals surface area contributed by atoms with Gasteiger partial charge in [-0.3, -0.25) is 24.6 Å². The lowest BCUT2D eigenvalue weighted by Gasteiger charge is -2.40. The van der Waals surface area contributed by atoms with Crippen LogP contribution in [0.3, 0.4) is 0 Å². The van der Waals surface area contributed by atoms with Crippen molar-refractivity contribution in [2.45, 2.75) is 49.2 Å². The molecular formula is C38H45F4N11O4S. The van der Waals surface area contributed by atoms with Gasteiger partial charge in [0.15, 0.2) is 5.82 Å². The molecule has 6 heterocycles. The second-order valence-electron chi connectivity index (χ2n) is 15.4. The Morgan fingerprint density at radius 1 is 0.879 bits per heavy atom. The van der Waals surface area contributed by atoms with Gasteiger partial charge in [0.1, 0.15) is 5.82 Å². The minimum atomic E-state index is -4.52. The predicted octanol–water partition coefficient (Wildman–Crippen LogP) is 4.27. The normalized spacial score (nSPS) is 19.9. The first-order chi connectivity index (χ1) is 27.7. The highest BCUT2D eigenvalue weighted by Crippen LogP contribution is 2.34. The molecule has 2 aromatic carbocycles. The van der Waals surface area contributed by atoms with E-state index in [0.717, 1.165) is 63.6 Å². The Balaban J connectivity index is 0.810. The predicted molar refractivity (Wildman–Crippen MR) is 209 cm³/mol. The highest BCUT2D eigenvalue weighted by molar-refractivity contribution is 7.89. The van der Waals surface area contributed by atoms with Crippen LogP contribution in [0.1, 0.15) is 37.7 Å². The zero-order valence-electron chi connectivity index (χ0n) is 32.0. The third-order valence-electron chi connectivity index (χ3n) is 11.6. The van der Waals surface area contributed by atoms with E-state index in [1.807, 2.05) is 11.0 Å². The summed E-state index contributed by atoms with van der Waals surface area (Å²) >= 11 is 0. The van der Waals surface area contributed by atoms with E-state index in [0.29, 0.717) is 54.3 Å². The van der Waals surface area contributed by atoms with Gasteiger partial charge in [0.25, 0.3) is 0 Å². The van der Waals surface area contributed by atoms with Gasteiger partial charge in [-0.05, 0) is 61.9 Å². The minimum Gasteiger partial charge on any atom is -0.371 e. The number of nitrogens with one attached hydrogen (secondary N) is 2. The van der Waals surface area contributed by atoms with E-state index in [4.69, 9.17) is 0 Å². The van der Waals surface area contributed by atoms with Crippen LogP contribution in [0.5, 0.6) is 0 Å². The number of piperidine rings is 2. The number of anilines is 4. The standard InChI is InChI=1S/C38H45F4N11O4S/c1-48-32-21-33(31(39)20-30(32)35(47-48)53-14-9-34(54)46-37(53)55)51-17-15-49(16-18-51)24-25-5-10-50(11-6-25)28-3-2-4-29(19-28)58(56,57)52-12-7-27(8-13-52)45-36-43-22-26(23-44-36)38(40,41)42/h2-4,19-23,25,27H,5-18,24H2,1H3,(H,43,44,45)(H,46,54,55). The highest BCUT2D eigenvalue weighted by atomic mass is 32.2. The number of sulfonamides is 1. The lowest BCUT2D eigenvalue weighted by atomic mass is 9.95. The van der Waals surface area contributed by atoms with E-state index in [-0.39, 0.29) is 54.7 Å². The molecule has 4 aromatic rings. The van der Waals surface area contributed by atoms with Gasteiger partial charge in [-0.1, -0.05) is 6.07 Å². The summed E-state index contributed by atoms with van der Waals surface area (Å²) in [7, 11) is -2.01. The molecule has 20 heteroatoms. The minimum absolute atomic E-state index is 0.0738.